The molecule has 6 nitrogen and oxygen atoms in total. The molecule has 2 aromatic rings. The molecule has 1 N–H and O–H groups in total. The van der Waals surface area contributed by atoms with Crippen molar-refractivity contribution in [2.75, 3.05) is 16.9 Å². The molecule has 1 saturated heterocycles. The second kappa shape index (κ2) is 6.68. The van der Waals surface area contributed by atoms with Crippen LogP contribution in [0.5, 0.6) is 0 Å². The second-order valence-corrected chi connectivity index (χ2v) is 6.86. The Hall–Kier alpha value is -2.28. The molecule has 1 aliphatic heterocycles. The normalized spacial score (nSPS) is 17.1. The van der Waals surface area contributed by atoms with Gasteiger partial charge in [0.15, 0.2) is 0 Å². The molecule has 1 fully saturated rings. The van der Waals surface area contributed by atoms with Gasteiger partial charge >= 0.3 is 0 Å². The smallest absolute Gasteiger partial charge is 0.293 e. The Kier molecular flexibility index (Phi) is 4.62. The lowest BCUT2D eigenvalue weighted by Gasteiger charge is -2.22. The van der Waals surface area contributed by atoms with Gasteiger partial charge in [-0.3, -0.25) is 9.59 Å². The molecule has 0 radical (unpaired) electrons. The first-order chi connectivity index (χ1) is 11.5. The van der Waals surface area contributed by atoms with Crippen LogP contribution in [0.3, 0.4) is 0 Å². The van der Waals surface area contributed by atoms with Crippen molar-refractivity contribution in [3.8, 4) is 0 Å². The summed E-state index contributed by atoms with van der Waals surface area (Å²) in [4.78, 5) is 26.7. The van der Waals surface area contributed by atoms with E-state index in [1.807, 2.05) is 32.0 Å². The van der Waals surface area contributed by atoms with Crippen molar-refractivity contribution in [3.05, 3.63) is 46.8 Å². The number of hydrogen-bond acceptors (Lipinski definition) is 5. The van der Waals surface area contributed by atoms with E-state index in [-0.39, 0.29) is 17.6 Å². The van der Waals surface area contributed by atoms with E-state index in [0.717, 1.165) is 16.8 Å². The van der Waals surface area contributed by atoms with E-state index in [4.69, 9.17) is 4.52 Å². The van der Waals surface area contributed by atoms with Crippen molar-refractivity contribution in [3.63, 3.8) is 0 Å². The first-order valence-corrected chi connectivity index (χ1v) is 8.82. The van der Waals surface area contributed by atoms with Crippen LogP contribution in [0.2, 0.25) is 0 Å². The summed E-state index contributed by atoms with van der Waals surface area (Å²) < 4.78 is 5.04. The van der Waals surface area contributed by atoms with Gasteiger partial charge in [0, 0.05) is 17.5 Å². The van der Waals surface area contributed by atoms with Crippen LogP contribution in [-0.4, -0.2) is 39.5 Å². The molecule has 2 amide bonds. The Morgan fingerprint density at radius 3 is 2.83 bits per heavy atom. The van der Waals surface area contributed by atoms with Crippen LogP contribution in [0.15, 0.2) is 28.8 Å². The fourth-order valence-corrected chi connectivity index (χ4v) is 3.72. The van der Waals surface area contributed by atoms with Gasteiger partial charge in [0.25, 0.3) is 5.91 Å². The number of amides is 2. The van der Waals surface area contributed by atoms with E-state index in [0.29, 0.717) is 17.3 Å². The average Bonchev–Trinajstić information content (AvgIpc) is 3.20. The molecule has 7 heteroatoms. The van der Waals surface area contributed by atoms with Crippen LogP contribution in [-0.2, 0) is 4.79 Å². The maximum atomic E-state index is 12.7. The monoisotopic (exact) mass is 345 g/mol. The largest absolute Gasteiger partial charge is 0.351 e. The van der Waals surface area contributed by atoms with Crippen LogP contribution in [0.25, 0.3) is 0 Å². The first-order valence-electron chi connectivity index (χ1n) is 7.66. The standard InChI is InChI=1S/C17H19N3O3S/c1-10-5-4-6-13(12(10)3)18-16(21)14-8-24-9-20(14)17(22)15-7-11(2)19-23-15/h4-7,14H,8-9H2,1-3H3,(H,18,21)/t14-/m0/s1. The SMILES string of the molecule is Cc1cc(C(=O)N2CSC[C@H]2C(=O)Nc2cccc(C)c2C)on1. The Labute approximate surface area is 144 Å². The van der Waals surface area contributed by atoms with Crippen LogP contribution in [0, 0.1) is 20.8 Å². The molecule has 0 unspecified atom stereocenters. The van der Waals surface area contributed by atoms with Gasteiger partial charge in [0.2, 0.25) is 11.7 Å². The van der Waals surface area contributed by atoms with Crippen LogP contribution >= 0.6 is 11.8 Å². The number of anilines is 1. The third-order valence-electron chi connectivity index (χ3n) is 4.15. The van der Waals surface area contributed by atoms with Crippen molar-refractivity contribution in [2.45, 2.75) is 26.8 Å². The van der Waals surface area contributed by atoms with Crippen molar-refractivity contribution in [1.29, 1.82) is 0 Å². The Morgan fingerprint density at radius 1 is 1.33 bits per heavy atom. The molecule has 24 heavy (non-hydrogen) atoms. The number of thioether (sulfide) groups is 1. The van der Waals surface area contributed by atoms with E-state index in [1.54, 1.807) is 24.8 Å². The highest BCUT2D eigenvalue weighted by molar-refractivity contribution is 7.99. The molecule has 1 atom stereocenters. The van der Waals surface area contributed by atoms with Crippen molar-refractivity contribution in [2.24, 2.45) is 0 Å². The minimum absolute atomic E-state index is 0.166. The van der Waals surface area contributed by atoms with Gasteiger partial charge in [-0.2, -0.15) is 0 Å². The summed E-state index contributed by atoms with van der Waals surface area (Å²) in [5, 5.41) is 6.68. The third kappa shape index (κ3) is 3.17. The predicted octanol–water partition coefficient (Wildman–Crippen LogP) is 2.75. The fraction of sp³-hybridized carbons (Fsp3) is 0.353. The van der Waals surface area contributed by atoms with Crippen LogP contribution in [0.4, 0.5) is 5.69 Å². The number of carbonyl (C=O) groups is 2. The summed E-state index contributed by atoms with van der Waals surface area (Å²) in [7, 11) is 0. The van der Waals surface area contributed by atoms with Gasteiger partial charge < -0.3 is 14.7 Å². The molecule has 2 heterocycles. The zero-order valence-corrected chi connectivity index (χ0v) is 14.6. The fourth-order valence-electron chi connectivity index (χ4n) is 2.57. The van der Waals surface area contributed by atoms with Gasteiger partial charge in [0.05, 0.1) is 11.6 Å². The van der Waals surface area contributed by atoms with E-state index in [1.165, 1.54) is 4.90 Å². The molecular weight excluding hydrogens is 326 g/mol. The maximum absolute atomic E-state index is 12.7. The zero-order valence-electron chi connectivity index (χ0n) is 13.8. The highest BCUT2D eigenvalue weighted by Gasteiger charge is 2.36. The number of nitrogens with one attached hydrogen (secondary N) is 1. The summed E-state index contributed by atoms with van der Waals surface area (Å²) in [5.74, 6) is 0.707. The van der Waals surface area contributed by atoms with Crippen molar-refractivity contribution >= 4 is 29.3 Å². The molecule has 126 valence electrons. The lowest BCUT2D eigenvalue weighted by atomic mass is 10.1. The first kappa shape index (κ1) is 16.6. The summed E-state index contributed by atoms with van der Waals surface area (Å²) in [5.41, 5.74) is 3.56. The molecule has 0 bridgehead atoms. The highest BCUT2D eigenvalue weighted by Crippen LogP contribution is 2.25. The Bertz CT molecular complexity index is 787. The minimum Gasteiger partial charge on any atom is -0.351 e. The van der Waals surface area contributed by atoms with Gasteiger partial charge in [-0.1, -0.05) is 17.3 Å². The molecule has 3 rings (SSSR count). The van der Waals surface area contributed by atoms with E-state index >= 15 is 0 Å². The number of rotatable bonds is 3. The average molecular weight is 345 g/mol. The van der Waals surface area contributed by atoms with E-state index in [2.05, 4.69) is 10.5 Å². The number of nitrogens with zero attached hydrogens (tertiary/aromatic N) is 2. The van der Waals surface area contributed by atoms with Gasteiger partial charge in [0.1, 0.15) is 6.04 Å². The molecule has 1 aromatic carbocycles. The lowest BCUT2D eigenvalue weighted by molar-refractivity contribution is -0.119. The topological polar surface area (TPSA) is 75.4 Å². The minimum atomic E-state index is -0.521. The van der Waals surface area contributed by atoms with Crippen LogP contribution < -0.4 is 5.32 Å². The highest BCUT2D eigenvalue weighted by atomic mass is 32.2. The summed E-state index contributed by atoms with van der Waals surface area (Å²) in [6, 6.07) is 6.84. The Morgan fingerprint density at radius 2 is 2.12 bits per heavy atom. The van der Waals surface area contributed by atoms with Crippen molar-refractivity contribution in [1.82, 2.24) is 10.1 Å². The molecule has 1 aromatic heterocycles. The zero-order chi connectivity index (χ0) is 17.3. The molecular formula is C17H19N3O3S. The van der Waals surface area contributed by atoms with Gasteiger partial charge in [-0.25, -0.2) is 0 Å². The number of hydrogen-bond donors (Lipinski definition) is 1. The maximum Gasteiger partial charge on any atom is 0.293 e. The number of carbonyl (C=O) groups excluding carboxylic acids is 2. The second-order valence-electron chi connectivity index (χ2n) is 5.86. The lowest BCUT2D eigenvalue weighted by Crippen LogP contribution is -2.44. The number of aryl methyl sites for hydroxylation is 2. The Balaban J connectivity index is 1.76. The molecule has 1 aliphatic rings. The number of aromatic nitrogens is 1. The van der Waals surface area contributed by atoms with Gasteiger partial charge in [-0.05, 0) is 38.0 Å². The number of benzene rings is 1. The molecule has 0 spiro atoms. The predicted molar refractivity (Wildman–Crippen MR) is 93.1 cm³/mol. The summed E-state index contributed by atoms with van der Waals surface area (Å²) >= 11 is 1.55. The van der Waals surface area contributed by atoms with Crippen LogP contribution in [0.1, 0.15) is 27.4 Å². The van der Waals surface area contributed by atoms with E-state index in [9.17, 15) is 9.59 Å². The quantitative estimate of drug-likeness (QED) is 0.926. The van der Waals surface area contributed by atoms with Gasteiger partial charge in [-0.15, -0.1) is 11.8 Å². The third-order valence-corrected chi connectivity index (χ3v) is 5.16. The van der Waals surface area contributed by atoms with Crippen molar-refractivity contribution < 1.29 is 14.1 Å². The molecule has 0 saturated carbocycles. The van der Waals surface area contributed by atoms with E-state index < -0.39 is 6.04 Å². The summed E-state index contributed by atoms with van der Waals surface area (Å²) in [6.07, 6.45) is 0. The molecule has 0 aliphatic carbocycles. The summed E-state index contributed by atoms with van der Waals surface area (Å²) in [6.45, 7) is 5.72.